The third-order valence-corrected chi connectivity index (χ3v) is 4.77. The van der Waals surface area contributed by atoms with Crippen LogP contribution in [-0.4, -0.2) is 36.0 Å². The quantitative estimate of drug-likeness (QED) is 0.727. The van der Waals surface area contributed by atoms with Gasteiger partial charge in [0.15, 0.2) is 0 Å². The fourth-order valence-electron chi connectivity index (χ4n) is 3.79. The Morgan fingerprint density at radius 2 is 2.19 bits per heavy atom. The van der Waals surface area contributed by atoms with Crippen molar-refractivity contribution in [1.82, 2.24) is 10.2 Å². The Hall–Kier alpha value is -0.570. The lowest BCUT2D eigenvalue weighted by molar-refractivity contribution is -0.138. The molecule has 2 aliphatic heterocycles. The summed E-state index contributed by atoms with van der Waals surface area (Å²) < 4.78 is 0. The van der Waals surface area contributed by atoms with Crippen LogP contribution >= 0.6 is 0 Å². The molecule has 16 heavy (non-hydrogen) atoms. The lowest BCUT2D eigenvalue weighted by atomic mass is 9.90. The molecule has 3 rings (SSSR count). The molecule has 2 heterocycles. The highest BCUT2D eigenvalue weighted by Gasteiger charge is 2.43. The number of carbonyl (C=O) groups excluding carboxylic acids is 1. The lowest BCUT2D eigenvalue weighted by Gasteiger charge is -2.35. The van der Waals surface area contributed by atoms with Crippen molar-refractivity contribution in [3.63, 3.8) is 0 Å². The zero-order valence-corrected chi connectivity index (χ0v) is 10.1. The van der Waals surface area contributed by atoms with Crippen molar-refractivity contribution in [3.05, 3.63) is 0 Å². The highest BCUT2D eigenvalue weighted by atomic mass is 16.2. The summed E-state index contributed by atoms with van der Waals surface area (Å²) in [5, 5.41) is 3.43. The van der Waals surface area contributed by atoms with Crippen molar-refractivity contribution in [3.8, 4) is 0 Å². The molecule has 1 amide bonds. The van der Waals surface area contributed by atoms with Gasteiger partial charge < -0.3 is 10.2 Å². The van der Waals surface area contributed by atoms with E-state index in [-0.39, 0.29) is 5.92 Å². The van der Waals surface area contributed by atoms with Gasteiger partial charge in [0.25, 0.3) is 0 Å². The standard InChI is InChI=1S/C13H22N2O/c1-9-12(3-2-6-14-9)13(16)15-8-10-4-5-11(15)7-10/h9-12,14H,2-8H2,1H3. The van der Waals surface area contributed by atoms with Gasteiger partial charge in [0, 0.05) is 18.6 Å². The van der Waals surface area contributed by atoms with E-state index in [9.17, 15) is 4.79 Å². The number of likely N-dealkylation sites (tertiary alicyclic amines) is 1. The molecular formula is C13H22N2O. The Morgan fingerprint density at radius 1 is 1.31 bits per heavy atom. The predicted octanol–water partition coefficient (Wildman–Crippen LogP) is 1.39. The largest absolute Gasteiger partial charge is 0.339 e. The maximum atomic E-state index is 12.5. The number of hydrogen-bond acceptors (Lipinski definition) is 2. The van der Waals surface area contributed by atoms with Gasteiger partial charge >= 0.3 is 0 Å². The first-order chi connectivity index (χ1) is 7.75. The smallest absolute Gasteiger partial charge is 0.227 e. The van der Waals surface area contributed by atoms with E-state index in [2.05, 4.69) is 17.1 Å². The van der Waals surface area contributed by atoms with E-state index >= 15 is 0 Å². The molecule has 3 nitrogen and oxygen atoms in total. The average molecular weight is 222 g/mol. The van der Waals surface area contributed by atoms with Crippen molar-refractivity contribution in [2.24, 2.45) is 11.8 Å². The summed E-state index contributed by atoms with van der Waals surface area (Å²) >= 11 is 0. The van der Waals surface area contributed by atoms with E-state index in [1.807, 2.05) is 0 Å². The van der Waals surface area contributed by atoms with Gasteiger partial charge in [-0.3, -0.25) is 4.79 Å². The van der Waals surface area contributed by atoms with Crippen LogP contribution in [0.3, 0.4) is 0 Å². The molecule has 0 spiro atoms. The maximum absolute atomic E-state index is 12.5. The fraction of sp³-hybridized carbons (Fsp3) is 0.923. The van der Waals surface area contributed by atoms with Gasteiger partial charge in [-0.05, 0) is 51.5 Å². The third-order valence-electron chi connectivity index (χ3n) is 4.77. The minimum absolute atomic E-state index is 0.244. The molecule has 0 aromatic carbocycles. The van der Waals surface area contributed by atoms with Crippen LogP contribution in [0.15, 0.2) is 0 Å². The summed E-state index contributed by atoms with van der Waals surface area (Å²) in [4.78, 5) is 14.7. The third kappa shape index (κ3) is 1.65. The van der Waals surface area contributed by atoms with Crippen molar-refractivity contribution in [2.45, 2.75) is 51.1 Å². The number of fused-ring (bicyclic) bond motifs is 2. The maximum Gasteiger partial charge on any atom is 0.227 e. The van der Waals surface area contributed by atoms with Gasteiger partial charge in [0.2, 0.25) is 5.91 Å². The van der Waals surface area contributed by atoms with Gasteiger partial charge in [-0.25, -0.2) is 0 Å². The number of carbonyl (C=O) groups is 1. The molecular weight excluding hydrogens is 200 g/mol. The molecule has 4 unspecified atom stereocenters. The topological polar surface area (TPSA) is 32.3 Å². The Morgan fingerprint density at radius 3 is 2.81 bits per heavy atom. The molecule has 3 fully saturated rings. The van der Waals surface area contributed by atoms with E-state index in [1.165, 1.54) is 19.3 Å². The second-order valence-corrected chi connectivity index (χ2v) is 5.82. The zero-order valence-electron chi connectivity index (χ0n) is 10.1. The van der Waals surface area contributed by atoms with Crippen LogP contribution in [0.1, 0.15) is 39.0 Å². The number of hydrogen-bond donors (Lipinski definition) is 1. The molecule has 90 valence electrons. The molecule has 1 saturated carbocycles. The van der Waals surface area contributed by atoms with Crippen LogP contribution in [0.2, 0.25) is 0 Å². The van der Waals surface area contributed by atoms with Crippen LogP contribution in [-0.2, 0) is 4.79 Å². The first kappa shape index (κ1) is 10.6. The van der Waals surface area contributed by atoms with E-state index < -0.39 is 0 Å². The van der Waals surface area contributed by atoms with E-state index in [1.54, 1.807) is 0 Å². The summed E-state index contributed by atoms with van der Waals surface area (Å²) in [6, 6.07) is 0.965. The normalized spacial score (nSPS) is 42.7. The van der Waals surface area contributed by atoms with Crippen molar-refractivity contribution in [2.75, 3.05) is 13.1 Å². The molecule has 0 aromatic heterocycles. The van der Waals surface area contributed by atoms with E-state index in [0.29, 0.717) is 18.0 Å². The second-order valence-electron chi connectivity index (χ2n) is 5.82. The van der Waals surface area contributed by atoms with Gasteiger partial charge in [-0.15, -0.1) is 0 Å². The highest BCUT2D eigenvalue weighted by Crippen LogP contribution is 2.38. The minimum atomic E-state index is 0.244. The molecule has 3 aliphatic rings. The SMILES string of the molecule is CC1NCCCC1C(=O)N1CC2CCC1C2. The lowest BCUT2D eigenvalue weighted by Crippen LogP contribution is -2.50. The van der Waals surface area contributed by atoms with Crippen LogP contribution in [0, 0.1) is 11.8 Å². The van der Waals surface area contributed by atoms with Crippen LogP contribution in [0.5, 0.6) is 0 Å². The Labute approximate surface area is 97.6 Å². The Bertz CT molecular complexity index is 288. The van der Waals surface area contributed by atoms with E-state index in [4.69, 9.17) is 0 Å². The van der Waals surface area contributed by atoms with Crippen LogP contribution in [0.25, 0.3) is 0 Å². The molecule has 0 radical (unpaired) electrons. The summed E-state index contributed by atoms with van der Waals surface area (Å²) in [5.74, 6) is 1.50. The summed E-state index contributed by atoms with van der Waals surface area (Å²) in [6.07, 6.45) is 6.13. The van der Waals surface area contributed by atoms with Crippen molar-refractivity contribution < 1.29 is 4.79 Å². The molecule has 0 aromatic rings. The predicted molar refractivity (Wildman–Crippen MR) is 63.0 cm³/mol. The van der Waals surface area contributed by atoms with Crippen LogP contribution < -0.4 is 5.32 Å². The number of amides is 1. The van der Waals surface area contributed by atoms with Gasteiger partial charge in [-0.2, -0.15) is 0 Å². The van der Waals surface area contributed by atoms with Crippen molar-refractivity contribution in [1.29, 1.82) is 0 Å². The number of nitrogens with zero attached hydrogens (tertiary/aromatic N) is 1. The first-order valence-corrected chi connectivity index (χ1v) is 6.79. The average Bonchev–Trinajstić information content (AvgIpc) is 2.90. The van der Waals surface area contributed by atoms with Crippen molar-refractivity contribution >= 4 is 5.91 Å². The van der Waals surface area contributed by atoms with Gasteiger partial charge in [0.05, 0.1) is 5.92 Å². The molecule has 2 saturated heterocycles. The number of piperidine rings is 2. The Kier molecular flexibility index (Phi) is 2.66. The first-order valence-electron chi connectivity index (χ1n) is 6.79. The zero-order chi connectivity index (χ0) is 11.1. The van der Waals surface area contributed by atoms with Gasteiger partial charge in [0.1, 0.15) is 0 Å². The molecule has 2 bridgehead atoms. The molecule has 4 atom stereocenters. The summed E-state index contributed by atoms with van der Waals surface area (Å²) in [6.45, 7) is 4.29. The van der Waals surface area contributed by atoms with E-state index in [0.717, 1.165) is 31.8 Å². The Balaban J connectivity index is 1.68. The minimum Gasteiger partial charge on any atom is -0.339 e. The molecule has 1 N–H and O–H groups in total. The molecule has 1 aliphatic carbocycles. The summed E-state index contributed by atoms with van der Waals surface area (Å²) in [7, 11) is 0. The number of nitrogens with one attached hydrogen (secondary N) is 1. The second kappa shape index (κ2) is 4.02. The fourth-order valence-corrected chi connectivity index (χ4v) is 3.79. The highest BCUT2D eigenvalue weighted by molar-refractivity contribution is 5.80. The van der Waals surface area contributed by atoms with Gasteiger partial charge in [-0.1, -0.05) is 0 Å². The summed E-state index contributed by atoms with van der Waals surface area (Å²) in [5.41, 5.74) is 0. The monoisotopic (exact) mass is 222 g/mol. The van der Waals surface area contributed by atoms with Crippen LogP contribution in [0.4, 0.5) is 0 Å². The number of rotatable bonds is 1. The molecule has 3 heteroatoms.